The van der Waals surface area contributed by atoms with Crippen LogP contribution >= 0.6 is 0 Å². The van der Waals surface area contributed by atoms with Gasteiger partial charge in [-0.15, -0.1) is 0 Å². The van der Waals surface area contributed by atoms with Crippen molar-refractivity contribution in [3.8, 4) is 11.1 Å². The zero-order valence-corrected chi connectivity index (χ0v) is 14.0. The molecule has 24 heavy (non-hydrogen) atoms. The summed E-state index contributed by atoms with van der Waals surface area (Å²) in [6, 6.07) is 23.8. The van der Waals surface area contributed by atoms with E-state index in [1.54, 1.807) is 0 Å². The highest BCUT2D eigenvalue weighted by Crippen LogP contribution is 2.25. The summed E-state index contributed by atoms with van der Waals surface area (Å²) in [5.74, 6) is -0.294. The first kappa shape index (κ1) is 16.0. The minimum atomic E-state index is -0.294. The van der Waals surface area contributed by atoms with Gasteiger partial charge in [-0.2, -0.15) is 0 Å². The van der Waals surface area contributed by atoms with Crippen molar-refractivity contribution >= 4 is 5.97 Å². The Morgan fingerprint density at radius 2 is 1.58 bits per heavy atom. The molecule has 0 saturated carbocycles. The lowest BCUT2D eigenvalue weighted by molar-refractivity contribution is 0.0472. The van der Waals surface area contributed by atoms with E-state index in [1.807, 2.05) is 55.5 Å². The van der Waals surface area contributed by atoms with Gasteiger partial charge in [0.25, 0.3) is 0 Å². The zero-order valence-electron chi connectivity index (χ0n) is 14.0. The molecule has 3 aromatic rings. The van der Waals surface area contributed by atoms with Crippen molar-refractivity contribution in [3.63, 3.8) is 0 Å². The van der Waals surface area contributed by atoms with Crippen molar-refractivity contribution < 1.29 is 9.53 Å². The fourth-order valence-corrected chi connectivity index (χ4v) is 2.65. The first-order valence-corrected chi connectivity index (χ1v) is 8.02. The Bertz CT molecular complexity index is 834. The van der Waals surface area contributed by atoms with Crippen LogP contribution in [-0.4, -0.2) is 5.97 Å². The molecule has 0 aliphatic carbocycles. The quantitative estimate of drug-likeness (QED) is 0.608. The van der Waals surface area contributed by atoms with E-state index in [-0.39, 0.29) is 5.97 Å². The topological polar surface area (TPSA) is 26.3 Å². The maximum atomic E-state index is 12.2. The van der Waals surface area contributed by atoms with Crippen molar-refractivity contribution in [3.05, 3.63) is 95.1 Å². The summed E-state index contributed by atoms with van der Waals surface area (Å²) in [6.07, 6.45) is 0. The third kappa shape index (κ3) is 3.72. The highest BCUT2D eigenvalue weighted by atomic mass is 16.5. The number of carbonyl (C=O) groups is 1. The molecule has 2 heteroatoms. The molecule has 0 atom stereocenters. The summed E-state index contributed by atoms with van der Waals surface area (Å²) in [7, 11) is 0. The van der Waals surface area contributed by atoms with Gasteiger partial charge in [-0.1, -0.05) is 66.2 Å². The molecule has 2 nitrogen and oxygen atoms in total. The third-order valence-corrected chi connectivity index (χ3v) is 4.04. The highest BCUT2D eigenvalue weighted by Gasteiger charge is 2.10. The number of hydrogen-bond donors (Lipinski definition) is 0. The molecule has 0 bridgehead atoms. The molecule has 0 aromatic heterocycles. The Morgan fingerprint density at radius 3 is 2.25 bits per heavy atom. The van der Waals surface area contributed by atoms with Crippen molar-refractivity contribution in [2.75, 3.05) is 0 Å². The predicted octanol–water partition coefficient (Wildman–Crippen LogP) is 5.33. The number of aryl methyl sites for hydroxylation is 2. The molecule has 120 valence electrons. The van der Waals surface area contributed by atoms with Crippen LogP contribution in [0.25, 0.3) is 11.1 Å². The molecule has 0 aliphatic rings. The maximum absolute atomic E-state index is 12.2. The minimum absolute atomic E-state index is 0.290. The molecule has 0 fully saturated rings. The highest BCUT2D eigenvalue weighted by molar-refractivity contribution is 5.90. The molecule has 0 spiro atoms. The Balaban J connectivity index is 1.74. The van der Waals surface area contributed by atoms with Crippen LogP contribution < -0.4 is 0 Å². The molecule has 0 heterocycles. The summed E-state index contributed by atoms with van der Waals surface area (Å²) in [6.45, 7) is 4.38. The molecule has 0 N–H and O–H groups in total. The van der Waals surface area contributed by atoms with Gasteiger partial charge in [-0.3, -0.25) is 0 Å². The number of rotatable bonds is 4. The monoisotopic (exact) mass is 316 g/mol. The van der Waals surface area contributed by atoms with E-state index in [0.717, 1.165) is 22.3 Å². The van der Waals surface area contributed by atoms with Crippen molar-refractivity contribution in [2.24, 2.45) is 0 Å². The summed E-state index contributed by atoms with van der Waals surface area (Å²) >= 11 is 0. The molecular formula is C22H20O2. The minimum Gasteiger partial charge on any atom is -0.457 e. The standard InChI is InChI=1S/C22H20O2/c1-16-8-10-19(11-9-16)21-13-12-20(14-17(21)2)22(23)24-15-18-6-4-3-5-7-18/h3-14H,15H2,1-2H3. The van der Waals surface area contributed by atoms with Gasteiger partial charge in [0, 0.05) is 0 Å². The summed E-state index contributed by atoms with van der Waals surface area (Å²) < 4.78 is 5.39. The molecule has 0 saturated heterocycles. The SMILES string of the molecule is Cc1ccc(-c2ccc(C(=O)OCc3ccccc3)cc2C)cc1. The molecule has 0 amide bonds. The number of ether oxygens (including phenoxy) is 1. The molecule has 0 aliphatic heterocycles. The lowest BCUT2D eigenvalue weighted by Gasteiger charge is -2.10. The summed E-state index contributed by atoms with van der Waals surface area (Å²) in [5, 5.41) is 0. The van der Waals surface area contributed by atoms with Crippen LogP contribution in [0.15, 0.2) is 72.8 Å². The van der Waals surface area contributed by atoms with E-state index in [1.165, 1.54) is 5.56 Å². The zero-order chi connectivity index (χ0) is 16.9. The molecule has 3 aromatic carbocycles. The van der Waals surface area contributed by atoms with E-state index >= 15 is 0 Å². The van der Waals surface area contributed by atoms with Gasteiger partial charge < -0.3 is 4.74 Å². The fraction of sp³-hybridized carbons (Fsp3) is 0.136. The number of benzene rings is 3. The van der Waals surface area contributed by atoms with Crippen molar-refractivity contribution in [1.82, 2.24) is 0 Å². The Morgan fingerprint density at radius 1 is 0.875 bits per heavy atom. The van der Waals surface area contributed by atoms with E-state index in [0.29, 0.717) is 12.2 Å². The first-order chi connectivity index (χ1) is 11.6. The van der Waals surface area contributed by atoms with Crippen LogP contribution in [0.2, 0.25) is 0 Å². The van der Waals surface area contributed by atoms with Gasteiger partial charge in [0.15, 0.2) is 0 Å². The van der Waals surface area contributed by atoms with Gasteiger partial charge in [-0.05, 0) is 48.2 Å². The van der Waals surface area contributed by atoms with Crippen LogP contribution in [0.3, 0.4) is 0 Å². The lowest BCUT2D eigenvalue weighted by Crippen LogP contribution is -2.05. The average Bonchev–Trinajstić information content (AvgIpc) is 2.61. The van der Waals surface area contributed by atoms with Gasteiger partial charge in [0.1, 0.15) is 6.61 Å². The van der Waals surface area contributed by atoms with Gasteiger partial charge in [-0.25, -0.2) is 4.79 Å². The largest absolute Gasteiger partial charge is 0.457 e. The molecular weight excluding hydrogens is 296 g/mol. The lowest BCUT2D eigenvalue weighted by atomic mass is 9.98. The smallest absolute Gasteiger partial charge is 0.338 e. The summed E-state index contributed by atoms with van der Waals surface area (Å²) in [5.41, 5.74) is 6.15. The second kappa shape index (κ2) is 7.14. The number of carbonyl (C=O) groups excluding carboxylic acids is 1. The second-order valence-corrected chi connectivity index (χ2v) is 5.96. The Labute approximate surface area is 142 Å². The van der Waals surface area contributed by atoms with Crippen molar-refractivity contribution in [2.45, 2.75) is 20.5 Å². The fourth-order valence-electron chi connectivity index (χ4n) is 2.65. The van der Waals surface area contributed by atoms with Crippen LogP contribution in [-0.2, 0) is 11.3 Å². The number of hydrogen-bond acceptors (Lipinski definition) is 2. The van der Waals surface area contributed by atoms with Crippen molar-refractivity contribution in [1.29, 1.82) is 0 Å². The third-order valence-electron chi connectivity index (χ3n) is 4.04. The Hall–Kier alpha value is -2.87. The van der Waals surface area contributed by atoms with E-state index in [2.05, 4.69) is 31.2 Å². The van der Waals surface area contributed by atoms with Crippen LogP contribution in [0.4, 0.5) is 0 Å². The van der Waals surface area contributed by atoms with Crippen LogP contribution in [0.5, 0.6) is 0 Å². The van der Waals surface area contributed by atoms with Gasteiger partial charge in [0.2, 0.25) is 0 Å². The van der Waals surface area contributed by atoms with Gasteiger partial charge >= 0.3 is 5.97 Å². The molecule has 0 radical (unpaired) electrons. The average molecular weight is 316 g/mol. The van der Waals surface area contributed by atoms with E-state index < -0.39 is 0 Å². The predicted molar refractivity (Wildman–Crippen MR) is 96.9 cm³/mol. The van der Waals surface area contributed by atoms with Gasteiger partial charge in [0.05, 0.1) is 5.56 Å². The second-order valence-electron chi connectivity index (χ2n) is 5.96. The number of esters is 1. The Kier molecular flexibility index (Phi) is 4.76. The normalized spacial score (nSPS) is 10.4. The maximum Gasteiger partial charge on any atom is 0.338 e. The summed E-state index contributed by atoms with van der Waals surface area (Å²) in [4.78, 5) is 12.2. The van der Waals surface area contributed by atoms with Crippen LogP contribution in [0.1, 0.15) is 27.0 Å². The molecule has 3 rings (SSSR count). The van der Waals surface area contributed by atoms with E-state index in [9.17, 15) is 4.79 Å². The van der Waals surface area contributed by atoms with Crippen LogP contribution in [0, 0.1) is 13.8 Å². The molecule has 0 unspecified atom stereocenters. The van der Waals surface area contributed by atoms with E-state index in [4.69, 9.17) is 4.74 Å². The first-order valence-electron chi connectivity index (χ1n) is 8.02.